The highest BCUT2D eigenvalue weighted by Gasteiger charge is 2.66. The summed E-state index contributed by atoms with van der Waals surface area (Å²) in [6.45, 7) is 11.0. The van der Waals surface area contributed by atoms with Crippen molar-refractivity contribution >= 4 is 22.7 Å². The van der Waals surface area contributed by atoms with Crippen LogP contribution in [0.2, 0.25) is 0 Å². The molecule has 0 saturated heterocycles. The van der Waals surface area contributed by atoms with Crippen molar-refractivity contribution < 1.29 is 31.7 Å². The Bertz CT molecular complexity index is 1470. The van der Waals surface area contributed by atoms with E-state index in [2.05, 4.69) is 25.0 Å². The smallest absolute Gasteiger partial charge is 0.360 e. The maximum atomic E-state index is 14.1. The highest BCUT2D eigenvalue weighted by Crippen LogP contribution is 2.58. The first-order valence-electron chi connectivity index (χ1n) is 13.4. The lowest BCUT2D eigenvalue weighted by Gasteiger charge is -2.14. The number of carbonyl (C=O) groups excluding carboxylic acids is 2. The van der Waals surface area contributed by atoms with Crippen LogP contribution in [0.5, 0.6) is 0 Å². The first kappa shape index (κ1) is 33.2. The predicted molar refractivity (Wildman–Crippen MR) is 150 cm³/mol. The SMILES string of the molecule is CC.CC.CNC(=O)c1cc2cc(-c3ccc(CC(C)=O)c(F)c3)cnc2[nH]1.Cc1cc(C2(C(F)(F)F)CC2)on1. The number of benzene rings is 1. The van der Waals surface area contributed by atoms with Gasteiger partial charge in [-0.15, -0.1) is 0 Å². The fourth-order valence-electron chi connectivity index (χ4n) is 3.95. The summed E-state index contributed by atoms with van der Waals surface area (Å²) in [4.78, 5) is 30.0. The largest absolute Gasteiger partial charge is 0.401 e. The highest BCUT2D eigenvalue weighted by atomic mass is 19.4. The number of rotatable bonds is 5. The van der Waals surface area contributed by atoms with E-state index in [1.165, 1.54) is 19.1 Å². The lowest BCUT2D eigenvalue weighted by Crippen LogP contribution is -2.28. The number of alkyl halides is 3. The number of fused-ring (bicyclic) bond motifs is 1. The molecule has 1 fully saturated rings. The standard InChI is InChI=1S/C18H16FN3O2.C8H8F3NO.2C2H6/c1-10(23)5-12-4-3-11(7-15(12)19)14-6-13-8-16(18(24)20-2)22-17(13)21-9-14;1-5-4-6(13-12-5)7(2-3-7)8(9,10)11;2*1-2/h3-4,6-9H,5H2,1-2H3,(H,20,24)(H,21,22);4H,2-3H2,1H3;2*1-2H3. The van der Waals surface area contributed by atoms with Crippen LogP contribution in [-0.4, -0.2) is 40.0 Å². The molecule has 1 amide bonds. The number of ketones is 1. The van der Waals surface area contributed by atoms with Crippen LogP contribution >= 0.6 is 0 Å². The molecule has 1 aliphatic carbocycles. The van der Waals surface area contributed by atoms with Crippen molar-refractivity contribution in [1.82, 2.24) is 20.4 Å². The van der Waals surface area contributed by atoms with Gasteiger partial charge in [0.15, 0.2) is 5.76 Å². The minimum Gasteiger partial charge on any atom is -0.360 e. The van der Waals surface area contributed by atoms with Crippen LogP contribution in [0.4, 0.5) is 17.6 Å². The Morgan fingerprint density at radius 2 is 1.71 bits per heavy atom. The van der Waals surface area contributed by atoms with E-state index in [4.69, 9.17) is 0 Å². The number of nitrogens with zero attached hydrogens (tertiary/aromatic N) is 2. The second-order valence-electron chi connectivity index (χ2n) is 9.02. The van der Waals surface area contributed by atoms with Crippen LogP contribution in [0, 0.1) is 12.7 Å². The van der Waals surface area contributed by atoms with E-state index in [0.717, 1.165) is 10.9 Å². The number of halogens is 4. The number of amides is 1. The first-order valence-corrected chi connectivity index (χ1v) is 13.4. The molecular formula is C30H36F4N4O3. The second-order valence-corrected chi connectivity index (χ2v) is 9.02. The number of Topliss-reactive ketones (excluding diaryl/α,β-unsaturated/α-hetero) is 1. The number of pyridine rings is 1. The van der Waals surface area contributed by atoms with Crippen LogP contribution in [0.3, 0.4) is 0 Å². The number of aromatic nitrogens is 3. The van der Waals surface area contributed by atoms with E-state index < -0.39 is 17.4 Å². The number of aryl methyl sites for hydroxylation is 1. The topological polar surface area (TPSA) is 101 Å². The normalized spacial score (nSPS) is 13.0. The zero-order chi connectivity index (χ0) is 31.0. The van der Waals surface area contributed by atoms with Gasteiger partial charge in [0.2, 0.25) is 0 Å². The fraction of sp³-hybridized carbons (Fsp3) is 0.400. The highest BCUT2D eigenvalue weighted by molar-refractivity contribution is 5.97. The molecule has 41 heavy (non-hydrogen) atoms. The lowest BCUT2D eigenvalue weighted by molar-refractivity contribution is -0.165. The van der Waals surface area contributed by atoms with E-state index in [1.54, 1.807) is 38.4 Å². The van der Waals surface area contributed by atoms with Gasteiger partial charge >= 0.3 is 6.18 Å². The summed E-state index contributed by atoms with van der Waals surface area (Å²) >= 11 is 0. The average Bonchev–Trinajstić information content (AvgIpc) is 3.50. The van der Waals surface area contributed by atoms with Crippen molar-refractivity contribution in [1.29, 1.82) is 0 Å². The van der Waals surface area contributed by atoms with Crippen LogP contribution in [0.1, 0.15) is 75.0 Å². The van der Waals surface area contributed by atoms with Gasteiger partial charge in [0, 0.05) is 36.7 Å². The maximum Gasteiger partial charge on any atom is 0.401 e. The molecule has 0 atom stereocenters. The monoisotopic (exact) mass is 576 g/mol. The lowest BCUT2D eigenvalue weighted by atomic mass is 10.0. The minimum absolute atomic E-state index is 0.0440. The van der Waals surface area contributed by atoms with Gasteiger partial charge < -0.3 is 14.8 Å². The van der Waals surface area contributed by atoms with E-state index in [0.29, 0.717) is 28.2 Å². The van der Waals surface area contributed by atoms with Crippen molar-refractivity contribution in [2.45, 2.75) is 72.4 Å². The van der Waals surface area contributed by atoms with Crippen LogP contribution < -0.4 is 5.32 Å². The molecule has 1 aliphatic rings. The molecule has 11 heteroatoms. The predicted octanol–water partition coefficient (Wildman–Crippen LogP) is 7.49. The van der Waals surface area contributed by atoms with Gasteiger partial charge in [-0.25, -0.2) is 9.37 Å². The molecule has 3 heterocycles. The van der Waals surface area contributed by atoms with Gasteiger partial charge in [-0.1, -0.05) is 45.0 Å². The first-order chi connectivity index (χ1) is 19.4. The van der Waals surface area contributed by atoms with Gasteiger partial charge in [0.25, 0.3) is 5.91 Å². The maximum absolute atomic E-state index is 14.1. The van der Waals surface area contributed by atoms with Crippen molar-refractivity contribution in [2.24, 2.45) is 0 Å². The summed E-state index contributed by atoms with van der Waals surface area (Å²) in [6, 6.07) is 9.67. The molecule has 0 aliphatic heterocycles. The Morgan fingerprint density at radius 1 is 1.05 bits per heavy atom. The Labute approximate surface area is 236 Å². The number of nitrogens with one attached hydrogen (secondary N) is 2. The van der Waals surface area contributed by atoms with Crippen molar-refractivity contribution in [3.63, 3.8) is 0 Å². The molecule has 5 rings (SSSR count). The zero-order valence-electron chi connectivity index (χ0n) is 24.3. The van der Waals surface area contributed by atoms with Crippen LogP contribution in [0.25, 0.3) is 22.2 Å². The Balaban J connectivity index is 0.000000291. The van der Waals surface area contributed by atoms with E-state index in [1.807, 2.05) is 33.8 Å². The summed E-state index contributed by atoms with van der Waals surface area (Å²) in [6.07, 6.45) is -2.28. The molecule has 1 aromatic carbocycles. The van der Waals surface area contributed by atoms with Crippen molar-refractivity contribution in [2.75, 3.05) is 7.05 Å². The van der Waals surface area contributed by atoms with E-state index >= 15 is 0 Å². The van der Waals surface area contributed by atoms with E-state index in [-0.39, 0.29) is 36.7 Å². The number of carbonyl (C=O) groups is 2. The summed E-state index contributed by atoms with van der Waals surface area (Å²) in [7, 11) is 1.55. The third-order valence-electron chi connectivity index (χ3n) is 6.16. The molecule has 7 nitrogen and oxygen atoms in total. The van der Waals surface area contributed by atoms with Gasteiger partial charge in [-0.05, 0) is 56.0 Å². The molecule has 2 N–H and O–H groups in total. The Morgan fingerprint density at radius 3 is 2.20 bits per heavy atom. The molecule has 0 radical (unpaired) electrons. The quantitative estimate of drug-likeness (QED) is 0.240. The van der Waals surface area contributed by atoms with Crippen molar-refractivity contribution in [3.8, 4) is 11.1 Å². The molecular weight excluding hydrogens is 540 g/mol. The molecule has 222 valence electrons. The average molecular weight is 577 g/mol. The molecule has 0 spiro atoms. The van der Waals surface area contributed by atoms with Gasteiger partial charge in [-0.2, -0.15) is 13.2 Å². The van der Waals surface area contributed by atoms with Gasteiger partial charge in [0.05, 0.1) is 5.69 Å². The fourth-order valence-corrected chi connectivity index (χ4v) is 3.95. The second kappa shape index (κ2) is 14.0. The minimum atomic E-state index is -4.21. The molecule has 1 saturated carbocycles. The number of hydrogen-bond acceptors (Lipinski definition) is 5. The molecule has 4 aromatic rings. The Hall–Kier alpha value is -4.02. The molecule has 3 aromatic heterocycles. The number of hydrogen-bond donors (Lipinski definition) is 2. The van der Waals surface area contributed by atoms with Crippen LogP contribution in [-0.2, 0) is 16.6 Å². The van der Waals surface area contributed by atoms with Crippen molar-refractivity contribution in [3.05, 3.63) is 71.1 Å². The summed E-state index contributed by atoms with van der Waals surface area (Å²) in [5.74, 6) is -0.770. The molecule has 0 bridgehead atoms. The number of H-pyrrole nitrogens is 1. The summed E-state index contributed by atoms with van der Waals surface area (Å²) in [5, 5.41) is 6.77. The van der Waals surface area contributed by atoms with Gasteiger partial charge in [0.1, 0.15) is 28.4 Å². The molecule has 0 unspecified atom stereocenters. The zero-order valence-corrected chi connectivity index (χ0v) is 24.3. The van der Waals surface area contributed by atoms with Crippen LogP contribution in [0.15, 0.2) is 47.1 Å². The number of aromatic amines is 1. The summed E-state index contributed by atoms with van der Waals surface area (Å²) < 4.78 is 56.3. The van der Waals surface area contributed by atoms with Gasteiger partial charge in [-0.3, -0.25) is 9.59 Å². The Kier molecular flexibility index (Phi) is 11.4. The van der Waals surface area contributed by atoms with E-state index in [9.17, 15) is 27.2 Å². The summed E-state index contributed by atoms with van der Waals surface area (Å²) in [5.41, 5.74) is 1.55. The third-order valence-corrected chi connectivity index (χ3v) is 6.16. The third kappa shape index (κ3) is 7.80.